The fourth-order valence-electron chi connectivity index (χ4n) is 2.97. The van der Waals surface area contributed by atoms with E-state index in [-0.39, 0.29) is 12.5 Å². The largest absolute Gasteiger partial charge is 0.455 e. The molecule has 0 aliphatic heterocycles. The Labute approximate surface area is 178 Å². The molecule has 4 aromatic rings. The van der Waals surface area contributed by atoms with Crippen LogP contribution in [0.3, 0.4) is 0 Å². The summed E-state index contributed by atoms with van der Waals surface area (Å²) in [4.78, 5) is 32.5. The molecule has 0 aliphatic carbocycles. The molecule has 0 bridgehead atoms. The summed E-state index contributed by atoms with van der Waals surface area (Å²) in [6, 6.07) is 14.6. The van der Waals surface area contributed by atoms with Gasteiger partial charge in [0.25, 0.3) is 11.7 Å². The molecule has 2 aromatic carbocycles. The lowest BCUT2D eigenvalue weighted by Gasteiger charge is -2.07. The maximum atomic E-state index is 12.6. The molecule has 31 heavy (non-hydrogen) atoms. The van der Waals surface area contributed by atoms with Gasteiger partial charge in [-0.25, -0.2) is 0 Å². The van der Waals surface area contributed by atoms with Crippen LogP contribution in [0.2, 0.25) is 0 Å². The van der Waals surface area contributed by atoms with Crippen molar-refractivity contribution in [2.45, 2.75) is 12.7 Å². The van der Waals surface area contributed by atoms with E-state index in [9.17, 15) is 22.8 Å². The van der Waals surface area contributed by atoms with Crippen LogP contribution in [0.4, 0.5) is 13.2 Å². The van der Waals surface area contributed by atoms with E-state index >= 15 is 0 Å². The minimum atomic E-state index is -4.92. The van der Waals surface area contributed by atoms with Gasteiger partial charge in [0.05, 0.1) is 15.9 Å². The zero-order chi connectivity index (χ0) is 22.0. The molecule has 0 spiro atoms. The molecular formula is C22H14F3N3O2S. The normalized spacial score (nSPS) is 11.5. The number of nitrogens with zero attached hydrogens (tertiary/aromatic N) is 2. The van der Waals surface area contributed by atoms with Crippen molar-refractivity contribution in [3.63, 3.8) is 0 Å². The van der Waals surface area contributed by atoms with Crippen LogP contribution in [-0.4, -0.2) is 27.8 Å². The molecule has 2 heterocycles. The predicted octanol–water partition coefficient (Wildman–Crippen LogP) is 5.03. The summed E-state index contributed by atoms with van der Waals surface area (Å²) < 4.78 is 37.9. The van der Waals surface area contributed by atoms with Crippen molar-refractivity contribution in [2.24, 2.45) is 0 Å². The van der Waals surface area contributed by atoms with Gasteiger partial charge in [0.2, 0.25) is 0 Å². The van der Waals surface area contributed by atoms with Crippen LogP contribution in [0.25, 0.3) is 21.5 Å². The van der Waals surface area contributed by atoms with E-state index in [1.54, 1.807) is 36.7 Å². The van der Waals surface area contributed by atoms with Crippen molar-refractivity contribution >= 4 is 34.1 Å². The van der Waals surface area contributed by atoms with Crippen LogP contribution in [-0.2, 0) is 6.54 Å². The van der Waals surface area contributed by atoms with Crippen LogP contribution in [0.15, 0.2) is 67.0 Å². The van der Waals surface area contributed by atoms with Crippen molar-refractivity contribution in [1.82, 2.24) is 15.3 Å². The second kappa shape index (κ2) is 8.27. The Kier molecular flexibility index (Phi) is 5.51. The lowest BCUT2D eigenvalue weighted by atomic mass is 10.1. The predicted molar refractivity (Wildman–Crippen MR) is 111 cm³/mol. The maximum absolute atomic E-state index is 12.6. The van der Waals surface area contributed by atoms with Gasteiger partial charge < -0.3 is 5.32 Å². The number of benzene rings is 2. The highest BCUT2D eigenvalue weighted by atomic mass is 32.1. The smallest absolute Gasteiger partial charge is 0.348 e. The first-order valence-electron chi connectivity index (χ1n) is 9.11. The summed E-state index contributed by atoms with van der Waals surface area (Å²) in [7, 11) is 0. The molecular weight excluding hydrogens is 427 g/mol. The molecule has 4 rings (SSSR count). The average Bonchev–Trinajstić information content (AvgIpc) is 3.26. The van der Waals surface area contributed by atoms with E-state index in [4.69, 9.17) is 0 Å². The highest BCUT2D eigenvalue weighted by Crippen LogP contribution is 2.32. The number of halogens is 3. The number of ketones is 1. The molecule has 0 unspecified atom stereocenters. The molecule has 0 fully saturated rings. The number of alkyl halides is 3. The highest BCUT2D eigenvalue weighted by Gasteiger charge is 2.40. The number of hydrogen-bond donors (Lipinski definition) is 1. The van der Waals surface area contributed by atoms with Crippen molar-refractivity contribution in [3.8, 4) is 10.4 Å². The Hall–Kier alpha value is -3.59. The standard InChI is InChI=1S/C22H14F3N3O2S/c23-22(24,25)20(29)19-7-6-18(31-19)14-2-1-3-15(11-14)21(30)28-12-13-4-5-16-17(10-13)27-9-8-26-16/h1-11H,12H2,(H,28,30). The van der Waals surface area contributed by atoms with E-state index in [1.807, 2.05) is 18.2 Å². The second-order valence-corrected chi connectivity index (χ2v) is 7.72. The number of nitrogens with one attached hydrogen (secondary N) is 1. The third kappa shape index (κ3) is 4.61. The van der Waals surface area contributed by atoms with Gasteiger partial charge in [-0.1, -0.05) is 18.2 Å². The maximum Gasteiger partial charge on any atom is 0.455 e. The number of carbonyl (C=O) groups is 2. The topological polar surface area (TPSA) is 72.0 Å². The van der Waals surface area contributed by atoms with Gasteiger partial charge in [-0.3, -0.25) is 19.6 Å². The van der Waals surface area contributed by atoms with Crippen LogP contribution >= 0.6 is 11.3 Å². The van der Waals surface area contributed by atoms with Gasteiger partial charge in [0.1, 0.15) is 0 Å². The van der Waals surface area contributed by atoms with Crippen LogP contribution in [0, 0.1) is 0 Å². The van der Waals surface area contributed by atoms with E-state index in [0.29, 0.717) is 16.0 Å². The summed E-state index contributed by atoms with van der Waals surface area (Å²) in [5.74, 6) is -2.21. The Balaban J connectivity index is 1.48. The minimum absolute atomic E-state index is 0.277. The number of rotatable bonds is 5. The fraction of sp³-hybridized carbons (Fsp3) is 0.0909. The van der Waals surface area contributed by atoms with Gasteiger partial charge >= 0.3 is 6.18 Å². The third-order valence-electron chi connectivity index (χ3n) is 4.48. The van der Waals surface area contributed by atoms with E-state index in [2.05, 4.69) is 15.3 Å². The number of fused-ring (bicyclic) bond motifs is 1. The molecule has 2 aromatic heterocycles. The summed E-state index contributed by atoms with van der Waals surface area (Å²) in [5.41, 5.74) is 3.24. The number of carbonyl (C=O) groups excluding carboxylic acids is 2. The summed E-state index contributed by atoms with van der Waals surface area (Å²) >= 11 is 0.739. The second-order valence-electron chi connectivity index (χ2n) is 6.63. The summed E-state index contributed by atoms with van der Waals surface area (Å²) in [6.45, 7) is 0.277. The Bertz CT molecular complexity index is 1280. The van der Waals surface area contributed by atoms with Crippen molar-refractivity contribution in [1.29, 1.82) is 0 Å². The van der Waals surface area contributed by atoms with Crippen molar-refractivity contribution < 1.29 is 22.8 Å². The molecule has 0 atom stereocenters. The van der Waals surface area contributed by atoms with Crippen LogP contribution in [0.1, 0.15) is 25.6 Å². The van der Waals surface area contributed by atoms with Crippen LogP contribution in [0.5, 0.6) is 0 Å². The van der Waals surface area contributed by atoms with E-state index < -0.39 is 16.8 Å². The van der Waals surface area contributed by atoms with Crippen LogP contribution < -0.4 is 5.32 Å². The van der Waals surface area contributed by atoms with Gasteiger partial charge in [-0.05, 0) is 47.5 Å². The zero-order valence-electron chi connectivity index (χ0n) is 15.8. The summed E-state index contributed by atoms with van der Waals surface area (Å²) in [5, 5.41) is 2.82. The average molecular weight is 441 g/mol. The Morgan fingerprint density at radius 1 is 0.935 bits per heavy atom. The monoisotopic (exact) mass is 441 g/mol. The Morgan fingerprint density at radius 3 is 2.48 bits per heavy atom. The fourth-order valence-corrected chi connectivity index (χ4v) is 3.93. The first kappa shape index (κ1) is 20.7. The van der Waals surface area contributed by atoms with E-state index in [0.717, 1.165) is 34.0 Å². The molecule has 0 saturated heterocycles. The highest BCUT2D eigenvalue weighted by molar-refractivity contribution is 7.17. The van der Waals surface area contributed by atoms with Crippen molar-refractivity contribution in [3.05, 3.63) is 83.0 Å². The van der Waals surface area contributed by atoms with Gasteiger partial charge in [0, 0.05) is 29.4 Å². The van der Waals surface area contributed by atoms with Gasteiger partial charge in [-0.15, -0.1) is 11.3 Å². The molecule has 0 saturated carbocycles. The molecule has 9 heteroatoms. The lowest BCUT2D eigenvalue weighted by molar-refractivity contribution is -0.0882. The number of aromatic nitrogens is 2. The quantitative estimate of drug-likeness (QED) is 0.441. The Morgan fingerprint density at radius 2 is 1.71 bits per heavy atom. The van der Waals surface area contributed by atoms with E-state index in [1.165, 1.54) is 6.07 Å². The number of thiophene rings is 1. The van der Waals surface area contributed by atoms with Crippen molar-refractivity contribution in [2.75, 3.05) is 0 Å². The number of hydrogen-bond acceptors (Lipinski definition) is 5. The van der Waals surface area contributed by atoms with Gasteiger partial charge in [0.15, 0.2) is 0 Å². The summed E-state index contributed by atoms with van der Waals surface area (Å²) in [6.07, 6.45) is -1.72. The molecule has 0 aliphatic rings. The molecule has 1 N–H and O–H groups in total. The van der Waals surface area contributed by atoms with Gasteiger partial charge in [-0.2, -0.15) is 13.2 Å². The SMILES string of the molecule is O=C(NCc1ccc2nccnc2c1)c1cccc(-c2ccc(C(=O)C(F)(F)F)s2)c1. The molecule has 1 amide bonds. The molecule has 0 radical (unpaired) electrons. The third-order valence-corrected chi connectivity index (χ3v) is 5.62. The minimum Gasteiger partial charge on any atom is -0.348 e. The number of Topliss-reactive ketones (excluding diaryl/α,β-unsaturated/α-hetero) is 1. The zero-order valence-corrected chi connectivity index (χ0v) is 16.6. The first-order valence-corrected chi connectivity index (χ1v) is 9.92. The molecule has 5 nitrogen and oxygen atoms in total. The lowest BCUT2D eigenvalue weighted by Crippen LogP contribution is -2.22. The molecule has 156 valence electrons. The first-order chi connectivity index (χ1) is 14.8. The number of amides is 1.